The Morgan fingerprint density at radius 1 is 1.47 bits per heavy atom. The van der Waals surface area contributed by atoms with Crippen molar-refractivity contribution < 1.29 is 4.74 Å². The third kappa shape index (κ3) is 2.27. The van der Waals surface area contributed by atoms with E-state index in [1.54, 1.807) is 7.11 Å². The van der Waals surface area contributed by atoms with E-state index < -0.39 is 0 Å². The number of hydrogen-bond acceptors (Lipinski definition) is 2. The van der Waals surface area contributed by atoms with Crippen molar-refractivity contribution in [3.05, 3.63) is 28.8 Å². The van der Waals surface area contributed by atoms with Gasteiger partial charge in [-0.15, -0.1) is 0 Å². The molecule has 2 atom stereocenters. The zero-order valence-electron chi connectivity index (χ0n) is 9.09. The van der Waals surface area contributed by atoms with Crippen LogP contribution in [0.4, 0.5) is 0 Å². The van der Waals surface area contributed by atoms with Gasteiger partial charge in [0, 0.05) is 16.6 Å². The molecule has 1 aliphatic heterocycles. The van der Waals surface area contributed by atoms with Crippen LogP contribution in [-0.2, 0) is 0 Å². The monoisotopic (exact) mass is 225 g/mol. The average Bonchev–Trinajstić information content (AvgIpc) is 2.65. The quantitative estimate of drug-likeness (QED) is 0.836. The fraction of sp³-hybridized carbons (Fsp3) is 0.500. The molecule has 0 radical (unpaired) electrons. The van der Waals surface area contributed by atoms with Gasteiger partial charge in [0.05, 0.1) is 7.11 Å². The van der Waals surface area contributed by atoms with Gasteiger partial charge in [-0.2, -0.15) is 0 Å². The summed E-state index contributed by atoms with van der Waals surface area (Å²) in [7, 11) is 1.70. The smallest absolute Gasteiger partial charge is 0.123 e. The van der Waals surface area contributed by atoms with Crippen LogP contribution in [0, 0.1) is 5.92 Å². The molecule has 0 amide bonds. The van der Waals surface area contributed by atoms with Gasteiger partial charge in [-0.25, -0.2) is 0 Å². The first-order valence-corrected chi connectivity index (χ1v) is 5.65. The Morgan fingerprint density at radius 3 is 2.87 bits per heavy atom. The number of hydrogen-bond donors (Lipinski definition) is 1. The lowest BCUT2D eigenvalue weighted by Gasteiger charge is -2.15. The number of ether oxygens (including phenoxy) is 1. The highest BCUT2D eigenvalue weighted by Crippen LogP contribution is 2.34. The summed E-state index contributed by atoms with van der Waals surface area (Å²) in [5.41, 5.74) is 1.18. The van der Waals surface area contributed by atoms with E-state index in [1.165, 1.54) is 5.56 Å². The van der Waals surface area contributed by atoms with Crippen LogP contribution in [0.25, 0.3) is 0 Å². The Hall–Kier alpha value is -0.730. The van der Waals surface area contributed by atoms with Gasteiger partial charge in [0.25, 0.3) is 0 Å². The molecular formula is C12H16ClNO. The minimum atomic E-state index is 0.383. The Bertz CT molecular complexity index is 353. The SMILES string of the molecule is COc1ccc(Cl)cc1[C@@H]1C[C@@H](C)CN1. The van der Waals surface area contributed by atoms with Crippen LogP contribution in [0.1, 0.15) is 24.9 Å². The van der Waals surface area contributed by atoms with Crippen molar-refractivity contribution in [3.8, 4) is 5.75 Å². The predicted molar refractivity (Wildman–Crippen MR) is 62.5 cm³/mol. The summed E-state index contributed by atoms with van der Waals surface area (Å²) < 4.78 is 5.35. The van der Waals surface area contributed by atoms with E-state index >= 15 is 0 Å². The Balaban J connectivity index is 2.29. The molecule has 1 N–H and O–H groups in total. The van der Waals surface area contributed by atoms with E-state index in [9.17, 15) is 0 Å². The summed E-state index contributed by atoms with van der Waals surface area (Å²) in [4.78, 5) is 0. The van der Waals surface area contributed by atoms with Gasteiger partial charge in [-0.3, -0.25) is 0 Å². The van der Waals surface area contributed by atoms with E-state index in [-0.39, 0.29) is 0 Å². The van der Waals surface area contributed by atoms with Gasteiger partial charge in [-0.1, -0.05) is 18.5 Å². The van der Waals surface area contributed by atoms with Gasteiger partial charge in [0.1, 0.15) is 5.75 Å². The van der Waals surface area contributed by atoms with Gasteiger partial charge < -0.3 is 10.1 Å². The summed E-state index contributed by atoms with van der Waals surface area (Å²) in [5.74, 6) is 1.64. The molecule has 1 aromatic carbocycles. The molecule has 1 heterocycles. The molecule has 15 heavy (non-hydrogen) atoms. The second-order valence-electron chi connectivity index (χ2n) is 4.19. The molecule has 1 saturated heterocycles. The lowest BCUT2D eigenvalue weighted by molar-refractivity contribution is 0.403. The third-order valence-corrected chi connectivity index (χ3v) is 3.15. The van der Waals surface area contributed by atoms with E-state index in [1.807, 2.05) is 18.2 Å². The normalized spacial score (nSPS) is 25.5. The first-order chi connectivity index (χ1) is 7.20. The molecule has 1 aliphatic rings. The molecule has 0 aromatic heterocycles. The zero-order chi connectivity index (χ0) is 10.8. The maximum atomic E-state index is 6.01. The first-order valence-electron chi connectivity index (χ1n) is 5.27. The average molecular weight is 226 g/mol. The minimum absolute atomic E-state index is 0.383. The number of benzene rings is 1. The highest BCUT2D eigenvalue weighted by molar-refractivity contribution is 6.30. The first kappa shape index (κ1) is 10.8. The minimum Gasteiger partial charge on any atom is -0.496 e. The molecule has 0 unspecified atom stereocenters. The van der Waals surface area contributed by atoms with Crippen LogP contribution >= 0.6 is 11.6 Å². The van der Waals surface area contributed by atoms with Crippen molar-refractivity contribution in [3.63, 3.8) is 0 Å². The lowest BCUT2D eigenvalue weighted by atomic mass is 10.0. The molecule has 0 saturated carbocycles. The molecule has 1 fully saturated rings. The van der Waals surface area contributed by atoms with E-state index in [0.29, 0.717) is 6.04 Å². The molecule has 3 heteroatoms. The topological polar surface area (TPSA) is 21.3 Å². The second kappa shape index (κ2) is 4.42. The van der Waals surface area contributed by atoms with Crippen molar-refractivity contribution >= 4 is 11.6 Å². The van der Waals surface area contributed by atoms with Crippen LogP contribution in [0.5, 0.6) is 5.75 Å². The van der Waals surface area contributed by atoms with E-state index in [2.05, 4.69) is 12.2 Å². The fourth-order valence-corrected chi connectivity index (χ4v) is 2.31. The number of nitrogens with one attached hydrogen (secondary N) is 1. The predicted octanol–water partition coefficient (Wildman–Crippen LogP) is 3.02. The van der Waals surface area contributed by atoms with Gasteiger partial charge in [-0.05, 0) is 37.1 Å². The third-order valence-electron chi connectivity index (χ3n) is 2.92. The standard InChI is InChI=1S/C12H16ClNO/c1-8-5-11(14-7-8)10-6-9(13)3-4-12(10)15-2/h3-4,6,8,11,14H,5,7H2,1-2H3/t8-,11+/m1/s1. The molecule has 0 bridgehead atoms. The number of methoxy groups -OCH3 is 1. The molecule has 82 valence electrons. The van der Waals surface area contributed by atoms with Crippen molar-refractivity contribution in [1.29, 1.82) is 0 Å². The summed E-state index contributed by atoms with van der Waals surface area (Å²) >= 11 is 6.01. The maximum absolute atomic E-state index is 6.01. The second-order valence-corrected chi connectivity index (χ2v) is 4.62. The van der Waals surface area contributed by atoms with E-state index in [0.717, 1.165) is 29.7 Å². The largest absolute Gasteiger partial charge is 0.496 e. The van der Waals surface area contributed by atoms with Crippen LogP contribution in [0.15, 0.2) is 18.2 Å². The Kier molecular flexibility index (Phi) is 3.17. The summed E-state index contributed by atoms with van der Waals surface area (Å²) in [6.07, 6.45) is 1.15. The Labute approximate surface area is 95.6 Å². The molecule has 0 aliphatic carbocycles. The van der Waals surface area contributed by atoms with Crippen molar-refractivity contribution in [1.82, 2.24) is 5.32 Å². The van der Waals surface area contributed by atoms with Crippen LogP contribution in [0.2, 0.25) is 5.02 Å². The van der Waals surface area contributed by atoms with Crippen molar-refractivity contribution in [2.75, 3.05) is 13.7 Å². The lowest BCUT2D eigenvalue weighted by Crippen LogP contribution is -2.14. The van der Waals surface area contributed by atoms with Crippen molar-refractivity contribution in [2.45, 2.75) is 19.4 Å². The van der Waals surface area contributed by atoms with Gasteiger partial charge in [0.15, 0.2) is 0 Å². The Morgan fingerprint density at radius 2 is 2.27 bits per heavy atom. The van der Waals surface area contributed by atoms with Crippen LogP contribution in [-0.4, -0.2) is 13.7 Å². The molecular weight excluding hydrogens is 210 g/mol. The molecule has 2 rings (SSSR count). The van der Waals surface area contributed by atoms with Crippen molar-refractivity contribution in [2.24, 2.45) is 5.92 Å². The number of halogens is 1. The summed E-state index contributed by atoms with van der Waals surface area (Å²) in [5, 5.41) is 4.26. The highest BCUT2D eigenvalue weighted by Gasteiger charge is 2.24. The summed E-state index contributed by atoms with van der Waals surface area (Å²) in [6, 6.07) is 6.18. The number of rotatable bonds is 2. The van der Waals surface area contributed by atoms with E-state index in [4.69, 9.17) is 16.3 Å². The maximum Gasteiger partial charge on any atom is 0.123 e. The van der Waals surface area contributed by atoms with Gasteiger partial charge in [0.2, 0.25) is 0 Å². The molecule has 0 spiro atoms. The van der Waals surface area contributed by atoms with Gasteiger partial charge >= 0.3 is 0 Å². The highest BCUT2D eigenvalue weighted by atomic mass is 35.5. The molecule has 2 nitrogen and oxygen atoms in total. The molecule has 1 aromatic rings. The van der Waals surface area contributed by atoms with Crippen LogP contribution < -0.4 is 10.1 Å². The van der Waals surface area contributed by atoms with Crippen LogP contribution in [0.3, 0.4) is 0 Å². The summed E-state index contributed by atoms with van der Waals surface area (Å²) in [6.45, 7) is 3.32. The zero-order valence-corrected chi connectivity index (χ0v) is 9.84. The fourth-order valence-electron chi connectivity index (χ4n) is 2.13.